The van der Waals surface area contributed by atoms with Gasteiger partial charge >= 0.3 is 12.2 Å². The molecule has 10 heteroatoms. The van der Waals surface area contributed by atoms with Crippen LogP contribution in [0.5, 0.6) is 0 Å². The van der Waals surface area contributed by atoms with Crippen molar-refractivity contribution in [2.24, 2.45) is 17.8 Å². The first-order valence-electron chi connectivity index (χ1n) is 13.6. The number of carboxylic acid groups (broad SMARTS) is 2. The predicted molar refractivity (Wildman–Crippen MR) is 153 cm³/mol. The molecule has 218 valence electrons. The van der Waals surface area contributed by atoms with Gasteiger partial charge in [-0.25, -0.2) is 9.59 Å². The van der Waals surface area contributed by atoms with E-state index in [4.69, 9.17) is 0 Å². The van der Waals surface area contributed by atoms with E-state index in [0.717, 1.165) is 17.4 Å². The van der Waals surface area contributed by atoms with Gasteiger partial charge in [0.05, 0.1) is 12.1 Å². The fourth-order valence-electron chi connectivity index (χ4n) is 5.06. The molecule has 40 heavy (non-hydrogen) atoms. The van der Waals surface area contributed by atoms with Gasteiger partial charge in [0.1, 0.15) is 18.2 Å². The molecule has 5 N–H and O–H groups in total. The smallest absolute Gasteiger partial charge is 0.419 e. The molecule has 2 amide bonds. The average molecular weight is 555 g/mol. The third-order valence-corrected chi connectivity index (χ3v) is 7.14. The minimum atomic E-state index is -1.59. The van der Waals surface area contributed by atoms with Crippen molar-refractivity contribution in [2.45, 2.75) is 64.7 Å². The van der Waals surface area contributed by atoms with Gasteiger partial charge in [0.15, 0.2) is 0 Å². The topological polar surface area (TPSA) is 148 Å². The van der Waals surface area contributed by atoms with E-state index in [1.165, 1.54) is 5.01 Å². The van der Waals surface area contributed by atoms with Gasteiger partial charge in [-0.05, 0) is 42.3 Å². The molecule has 0 radical (unpaired) electrons. The van der Waals surface area contributed by atoms with E-state index in [0.29, 0.717) is 25.7 Å². The van der Waals surface area contributed by atoms with Crippen LogP contribution in [-0.4, -0.2) is 64.3 Å². The zero-order valence-corrected chi connectivity index (χ0v) is 23.6. The number of hydrogen-bond donors (Lipinski definition) is 5. The lowest BCUT2D eigenvalue weighted by Crippen LogP contribution is -2.74. The molecule has 4 atom stereocenters. The molecule has 2 aromatic rings. The lowest BCUT2D eigenvalue weighted by molar-refractivity contribution is -0.125. The molecule has 0 heterocycles. The summed E-state index contributed by atoms with van der Waals surface area (Å²) in [7, 11) is 0. The maximum Gasteiger partial charge on any atom is 0.419 e. The van der Waals surface area contributed by atoms with Gasteiger partial charge in [0, 0.05) is 12.3 Å². The first-order chi connectivity index (χ1) is 19.0. The molecular weight excluding hydrogens is 512 g/mol. The van der Waals surface area contributed by atoms with Crippen molar-refractivity contribution in [3.63, 3.8) is 0 Å². The Morgan fingerprint density at radius 1 is 0.850 bits per heavy atom. The van der Waals surface area contributed by atoms with Crippen LogP contribution in [0.25, 0.3) is 0 Å². The van der Waals surface area contributed by atoms with E-state index in [2.05, 4.69) is 16.1 Å². The van der Waals surface area contributed by atoms with Crippen molar-refractivity contribution in [2.75, 3.05) is 6.54 Å². The molecule has 0 aliphatic rings. The number of hydrogen-bond acceptors (Lipinski definition) is 6. The SMILES string of the molecule is CC(C)C(C=O)NCC[C@H](Cc1ccccc1)C(Cc1ccccc1)(NC(=O)O)N(NC(=O)O)[C@H](C=O)C(C)C. The van der Waals surface area contributed by atoms with E-state index < -0.39 is 35.9 Å². The van der Waals surface area contributed by atoms with Gasteiger partial charge in [-0.3, -0.25) is 5.43 Å². The van der Waals surface area contributed by atoms with Crippen LogP contribution >= 0.6 is 0 Å². The average Bonchev–Trinajstić information content (AvgIpc) is 2.90. The first kappa shape index (κ1) is 32.5. The van der Waals surface area contributed by atoms with Crippen LogP contribution < -0.4 is 16.1 Å². The molecule has 0 fully saturated rings. The van der Waals surface area contributed by atoms with Crippen molar-refractivity contribution in [3.8, 4) is 0 Å². The predicted octanol–water partition coefficient (Wildman–Crippen LogP) is 3.96. The zero-order valence-electron chi connectivity index (χ0n) is 23.6. The molecule has 0 spiro atoms. The van der Waals surface area contributed by atoms with E-state index >= 15 is 0 Å². The monoisotopic (exact) mass is 554 g/mol. The van der Waals surface area contributed by atoms with Crippen molar-refractivity contribution >= 4 is 24.8 Å². The van der Waals surface area contributed by atoms with Gasteiger partial charge in [-0.1, -0.05) is 88.4 Å². The molecule has 0 saturated carbocycles. The molecule has 0 saturated heterocycles. The standard InChI is InChI=1S/C30H42N4O6/c1-21(2)26(19-35)31-16-15-25(17-23-11-7-5-8-12-23)30(32-28(37)38,18-24-13-9-6-10-14-24)34(33-29(39)40)27(20-36)22(3)4/h5-14,19-22,25-27,31-33H,15-18H2,1-4H3,(H,37,38)(H,39,40)/t25-,26?,27-,30?/m1/s1. The van der Waals surface area contributed by atoms with E-state index in [1.807, 2.05) is 74.5 Å². The Morgan fingerprint density at radius 2 is 1.43 bits per heavy atom. The molecule has 0 bridgehead atoms. The van der Waals surface area contributed by atoms with Crippen LogP contribution in [0.4, 0.5) is 9.59 Å². The Hall–Kier alpha value is -3.76. The van der Waals surface area contributed by atoms with Gasteiger partial charge < -0.3 is 30.4 Å². The summed E-state index contributed by atoms with van der Waals surface area (Å²) in [5.41, 5.74) is 2.46. The minimum Gasteiger partial charge on any atom is -0.465 e. The van der Waals surface area contributed by atoms with Gasteiger partial charge in [0.25, 0.3) is 0 Å². The molecule has 2 aromatic carbocycles. The number of nitrogens with one attached hydrogen (secondary N) is 3. The number of rotatable bonds is 17. The maximum absolute atomic E-state index is 12.5. The molecule has 0 aromatic heterocycles. The molecule has 2 rings (SSSR count). The summed E-state index contributed by atoms with van der Waals surface area (Å²) >= 11 is 0. The van der Waals surface area contributed by atoms with Crippen molar-refractivity contribution in [1.82, 2.24) is 21.1 Å². The summed E-state index contributed by atoms with van der Waals surface area (Å²) in [6, 6.07) is 17.2. The lowest BCUT2D eigenvalue weighted by Gasteiger charge is -2.51. The maximum atomic E-state index is 12.5. The minimum absolute atomic E-state index is 0.0434. The fourth-order valence-corrected chi connectivity index (χ4v) is 5.06. The highest BCUT2D eigenvalue weighted by atomic mass is 16.4. The lowest BCUT2D eigenvalue weighted by atomic mass is 9.78. The van der Waals surface area contributed by atoms with Crippen LogP contribution in [0, 0.1) is 17.8 Å². The molecule has 0 aliphatic carbocycles. The summed E-state index contributed by atoms with van der Waals surface area (Å²) in [5.74, 6) is -0.862. The van der Waals surface area contributed by atoms with Gasteiger partial charge in [-0.2, -0.15) is 5.01 Å². The Morgan fingerprint density at radius 3 is 1.88 bits per heavy atom. The number of amides is 2. The summed E-state index contributed by atoms with van der Waals surface area (Å²) in [5, 5.41) is 27.3. The summed E-state index contributed by atoms with van der Waals surface area (Å²) in [6.45, 7) is 7.75. The highest BCUT2D eigenvalue weighted by Gasteiger charge is 2.49. The fraction of sp³-hybridized carbons (Fsp3) is 0.467. The second-order valence-corrected chi connectivity index (χ2v) is 10.7. The quantitative estimate of drug-likeness (QED) is 0.112. The number of hydrazine groups is 1. The Balaban J connectivity index is 2.78. The summed E-state index contributed by atoms with van der Waals surface area (Å²) in [6.07, 6.45) is -0.497. The Kier molecular flexibility index (Phi) is 12.8. The number of aldehydes is 2. The van der Waals surface area contributed by atoms with E-state index in [9.17, 15) is 29.4 Å². The van der Waals surface area contributed by atoms with Crippen molar-refractivity contribution in [1.29, 1.82) is 0 Å². The normalized spacial score (nSPS) is 15.2. The number of benzene rings is 2. The van der Waals surface area contributed by atoms with E-state index in [1.54, 1.807) is 13.8 Å². The summed E-state index contributed by atoms with van der Waals surface area (Å²) in [4.78, 5) is 48.7. The van der Waals surface area contributed by atoms with Crippen LogP contribution in [0.15, 0.2) is 60.7 Å². The van der Waals surface area contributed by atoms with Crippen LogP contribution in [0.1, 0.15) is 45.2 Å². The van der Waals surface area contributed by atoms with Gasteiger partial charge in [0.2, 0.25) is 0 Å². The second kappa shape index (κ2) is 15.7. The summed E-state index contributed by atoms with van der Waals surface area (Å²) < 4.78 is 0. The van der Waals surface area contributed by atoms with Crippen LogP contribution in [-0.2, 0) is 22.4 Å². The number of nitrogens with zero attached hydrogens (tertiary/aromatic N) is 1. The van der Waals surface area contributed by atoms with Gasteiger partial charge in [-0.15, -0.1) is 0 Å². The third kappa shape index (κ3) is 9.17. The largest absolute Gasteiger partial charge is 0.465 e. The van der Waals surface area contributed by atoms with E-state index in [-0.39, 0.29) is 18.3 Å². The van der Waals surface area contributed by atoms with Crippen molar-refractivity contribution in [3.05, 3.63) is 71.8 Å². The molecule has 0 aliphatic heterocycles. The van der Waals surface area contributed by atoms with Crippen molar-refractivity contribution < 1.29 is 29.4 Å². The van der Waals surface area contributed by atoms with Crippen LogP contribution in [0.3, 0.4) is 0 Å². The first-order valence-corrected chi connectivity index (χ1v) is 13.6. The second-order valence-electron chi connectivity index (χ2n) is 10.7. The van der Waals surface area contributed by atoms with Crippen LogP contribution in [0.2, 0.25) is 0 Å². The third-order valence-electron chi connectivity index (χ3n) is 7.14. The Labute approximate surface area is 236 Å². The molecule has 10 nitrogen and oxygen atoms in total. The Bertz CT molecular complexity index is 1080. The zero-order chi connectivity index (χ0) is 29.7. The molecular formula is C30H42N4O6. The molecule has 2 unspecified atom stereocenters. The highest BCUT2D eigenvalue weighted by Crippen LogP contribution is 2.34. The number of carbonyl (C=O) groups excluding carboxylic acids is 2. The highest BCUT2D eigenvalue weighted by molar-refractivity contribution is 5.68. The number of carbonyl (C=O) groups is 4.